The Bertz CT molecular complexity index is 1150. The number of nitrogens with two attached hydrogens (primary N) is 1. The zero-order valence-electron chi connectivity index (χ0n) is 21.0. The Morgan fingerprint density at radius 3 is 2.51 bits per heavy atom. The number of carboxylic acid groups (broad SMARTS) is 1. The van der Waals surface area contributed by atoms with Crippen LogP contribution in [0.4, 0.5) is 0 Å². The van der Waals surface area contributed by atoms with Gasteiger partial charge in [-0.05, 0) is 60.9 Å². The molecule has 2 heterocycles. The molecule has 2 aromatic rings. The molecular weight excluding hydrogens is 470 g/mol. The Balaban J connectivity index is 1.38. The lowest BCUT2D eigenvalue weighted by atomic mass is 9.99. The number of fused-ring (bicyclic) bond motifs is 1. The highest BCUT2D eigenvalue weighted by atomic mass is 16.4. The first-order chi connectivity index (χ1) is 17.8. The molecule has 5 N–H and O–H groups in total. The normalized spacial score (nSPS) is 19.3. The summed E-state index contributed by atoms with van der Waals surface area (Å²) in [5.74, 6) is -1.84. The molecule has 2 amide bonds. The molecule has 0 radical (unpaired) electrons. The van der Waals surface area contributed by atoms with Gasteiger partial charge in [-0.2, -0.15) is 0 Å². The predicted octanol–water partition coefficient (Wildman–Crippen LogP) is 2.04. The molecule has 4 rings (SSSR count). The summed E-state index contributed by atoms with van der Waals surface area (Å²) in [5, 5.41) is 19.9. The molecule has 0 unspecified atom stereocenters. The number of aryl methyl sites for hydroxylation is 1. The molecule has 2 atom stereocenters. The maximum absolute atomic E-state index is 13.0. The molecule has 1 fully saturated rings. The van der Waals surface area contributed by atoms with Crippen LogP contribution in [0.1, 0.15) is 46.3 Å². The van der Waals surface area contributed by atoms with E-state index < -0.39 is 11.9 Å². The Kier molecular flexibility index (Phi) is 8.43. The van der Waals surface area contributed by atoms with E-state index in [2.05, 4.69) is 17.4 Å². The number of hydrogen-bond donors (Lipinski definition) is 4. The van der Waals surface area contributed by atoms with Crippen LogP contribution >= 0.6 is 0 Å². The number of benzene rings is 2. The molecule has 2 aliphatic heterocycles. The summed E-state index contributed by atoms with van der Waals surface area (Å²) in [6.07, 6.45) is 3.29. The van der Waals surface area contributed by atoms with Gasteiger partial charge in [-0.1, -0.05) is 36.4 Å². The minimum Gasteiger partial charge on any atom is -0.481 e. The van der Waals surface area contributed by atoms with E-state index in [0.29, 0.717) is 38.0 Å². The monoisotopic (exact) mass is 505 g/mol. The number of amides is 2. The molecule has 0 saturated carbocycles. The highest BCUT2D eigenvalue weighted by Gasteiger charge is 2.40. The van der Waals surface area contributed by atoms with Crippen molar-refractivity contribution in [3.8, 4) is 0 Å². The van der Waals surface area contributed by atoms with Gasteiger partial charge in [0, 0.05) is 37.8 Å². The smallest absolute Gasteiger partial charge is 0.304 e. The molecule has 9 heteroatoms. The number of aliphatic carboxylic acids is 1. The van der Waals surface area contributed by atoms with E-state index in [4.69, 9.17) is 11.1 Å². The third kappa shape index (κ3) is 6.67. The number of carbonyl (C=O) groups excluding carboxylic acids is 2. The number of likely N-dealkylation sites (tertiary alicyclic amines) is 1. The first-order valence-corrected chi connectivity index (χ1v) is 12.9. The first-order valence-electron chi connectivity index (χ1n) is 12.9. The Hall–Kier alpha value is -3.88. The predicted molar refractivity (Wildman–Crippen MR) is 140 cm³/mol. The van der Waals surface area contributed by atoms with Gasteiger partial charge in [0.05, 0.1) is 12.3 Å². The van der Waals surface area contributed by atoms with E-state index in [0.717, 1.165) is 30.4 Å². The number of carbonyl (C=O) groups is 3. The molecule has 0 aromatic heterocycles. The van der Waals surface area contributed by atoms with Gasteiger partial charge in [0.2, 0.25) is 5.91 Å². The highest BCUT2D eigenvalue weighted by Crippen LogP contribution is 2.28. The number of guanidine groups is 1. The van der Waals surface area contributed by atoms with Crippen LogP contribution < -0.4 is 11.1 Å². The van der Waals surface area contributed by atoms with Gasteiger partial charge in [0.1, 0.15) is 0 Å². The molecule has 1 saturated heterocycles. The standard InChI is InChI=1S/C28H35N5O4/c29-28(30)32-13-10-20-8-9-22(15-21(20)11-14-32)26(36)31-18-24-16-23(17-25(34)35)27(37)33(24)12-4-7-19-5-2-1-3-6-19/h1-3,5-6,8-9,15,23-24H,4,7,10-14,16-18H2,(H3,29,30)(H,31,36)(H,34,35)/t23-,24-/m0/s1. The quantitative estimate of drug-likeness (QED) is 0.304. The van der Waals surface area contributed by atoms with Crippen LogP contribution in [0, 0.1) is 11.3 Å². The summed E-state index contributed by atoms with van der Waals surface area (Å²) in [7, 11) is 0. The summed E-state index contributed by atoms with van der Waals surface area (Å²) in [5.41, 5.74) is 9.63. The van der Waals surface area contributed by atoms with E-state index in [1.165, 1.54) is 5.56 Å². The fourth-order valence-corrected chi connectivity index (χ4v) is 5.36. The minimum atomic E-state index is -0.986. The number of rotatable bonds is 9. The SMILES string of the molecule is N=C(N)N1CCc2ccc(C(=O)NC[C@@H]3C[C@@H](CC(=O)O)C(=O)N3CCCc3ccccc3)cc2CC1. The van der Waals surface area contributed by atoms with Gasteiger partial charge in [-0.15, -0.1) is 0 Å². The van der Waals surface area contributed by atoms with Crippen molar-refractivity contribution in [2.75, 3.05) is 26.2 Å². The molecule has 0 aliphatic carbocycles. The largest absolute Gasteiger partial charge is 0.481 e. The van der Waals surface area contributed by atoms with Crippen LogP contribution in [-0.4, -0.2) is 70.9 Å². The fourth-order valence-electron chi connectivity index (χ4n) is 5.36. The van der Waals surface area contributed by atoms with Crippen molar-refractivity contribution >= 4 is 23.7 Å². The average molecular weight is 506 g/mol. The Morgan fingerprint density at radius 2 is 1.81 bits per heavy atom. The van der Waals surface area contributed by atoms with Crippen LogP contribution in [0.15, 0.2) is 48.5 Å². The van der Waals surface area contributed by atoms with E-state index in [1.807, 2.05) is 41.3 Å². The van der Waals surface area contributed by atoms with Crippen molar-refractivity contribution in [1.29, 1.82) is 5.41 Å². The van der Waals surface area contributed by atoms with Crippen LogP contribution in [0.25, 0.3) is 0 Å². The zero-order chi connectivity index (χ0) is 26.4. The molecule has 0 spiro atoms. The van der Waals surface area contributed by atoms with Gasteiger partial charge in [-0.3, -0.25) is 19.8 Å². The maximum Gasteiger partial charge on any atom is 0.304 e. The van der Waals surface area contributed by atoms with Crippen LogP contribution in [0.5, 0.6) is 0 Å². The zero-order valence-corrected chi connectivity index (χ0v) is 21.0. The number of nitrogens with one attached hydrogen (secondary N) is 2. The van der Waals surface area contributed by atoms with Gasteiger partial charge < -0.3 is 26.0 Å². The van der Waals surface area contributed by atoms with Gasteiger partial charge >= 0.3 is 5.97 Å². The lowest BCUT2D eigenvalue weighted by Gasteiger charge is -2.25. The topological polar surface area (TPSA) is 140 Å². The van der Waals surface area contributed by atoms with Crippen molar-refractivity contribution in [2.24, 2.45) is 11.7 Å². The van der Waals surface area contributed by atoms with E-state index in [9.17, 15) is 19.5 Å². The van der Waals surface area contributed by atoms with Crippen molar-refractivity contribution < 1.29 is 19.5 Å². The molecule has 196 valence electrons. The van der Waals surface area contributed by atoms with Gasteiger partial charge in [-0.25, -0.2) is 0 Å². The first kappa shape index (κ1) is 26.2. The number of carboxylic acids is 1. The summed E-state index contributed by atoms with van der Waals surface area (Å²) in [6, 6.07) is 15.5. The van der Waals surface area contributed by atoms with Gasteiger partial charge in [0.25, 0.3) is 5.91 Å². The second-order valence-electron chi connectivity index (χ2n) is 9.87. The third-order valence-corrected chi connectivity index (χ3v) is 7.37. The third-order valence-electron chi connectivity index (χ3n) is 7.37. The second-order valence-corrected chi connectivity index (χ2v) is 9.87. The summed E-state index contributed by atoms with van der Waals surface area (Å²) >= 11 is 0. The van der Waals surface area contributed by atoms with E-state index in [-0.39, 0.29) is 36.8 Å². The second kappa shape index (κ2) is 11.9. The molecule has 9 nitrogen and oxygen atoms in total. The van der Waals surface area contributed by atoms with Crippen LogP contribution in [0.2, 0.25) is 0 Å². The van der Waals surface area contributed by atoms with E-state index in [1.54, 1.807) is 4.90 Å². The maximum atomic E-state index is 13.0. The minimum absolute atomic E-state index is 0.0615. The Morgan fingerprint density at radius 1 is 1.08 bits per heavy atom. The molecule has 0 bridgehead atoms. The van der Waals surface area contributed by atoms with E-state index >= 15 is 0 Å². The Labute approximate surface area is 217 Å². The molecule has 2 aliphatic rings. The van der Waals surface area contributed by atoms with Crippen molar-refractivity contribution in [3.05, 3.63) is 70.8 Å². The van der Waals surface area contributed by atoms with Gasteiger partial charge in [0.15, 0.2) is 5.96 Å². The van der Waals surface area contributed by atoms with Crippen molar-refractivity contribution in [3.63, 3.8) is 0 Å². The molecule has 2 aromatic carbocycles. The lowest BCUT2D eigenvalue weighted by molar-refractivity contribution is -0.142. The summed E-state index contributed by atoms with van der Waals surface area (Å²) in [4.78, 5) is 40.9. The molecule has 37 heavy (non-hydrogen) atoms. The average Bonchev–Trinajstić information content (AvgIpc) is 3.04. The van der Waals surface area contributed by atoms with Crippen LogP contribution in [0.3, 0.4) is 0 Å². The highest BCUT2D eigenvalue weighted by molar-refractivity contribution is 5.94. The molecular formula is C28H35N5O4. The lowest BCUT2D eigenvalue weighted by Crippen LogP contribution is -2.42. The number of hydrogen-bond acceptors (Lipinski definition) is 4. The van der Waals surface area contributed by atoms with Crippen molar-refractivity contribution in [1.82, 2.24) is 15.1 Å². The fraction of sp³-hybridized carbons (Fsp3) is 0.429. The van der Waals surface area contributed by atoms with Crippen molar-refractivity contribution in [2.45, 2.75) is 44.6 Å². The van der Waals surface area contributed by atoms with Crippen LogP contribution in [-0.2, 0) is 28.9 Å². The summed E-state index contributed by atoms with van der Waals surface area (Å²) in [6.45, 7) is 2.12. The number of nitrogens with zero attached hydrogens (tertiary/aromatic N) is 2. The summed E-state index contributed by atoms with van der Waals surface area (Å²) < 4.78 is 0.